The van der Waals surface area contributed by atoms with Gasteiger partial charge in [-0.15, -0.1) is 0 Å². The molecule has 154 valence electrons. The number of fused-ring (bicyclic) bond motifs is 1. The van der Waals surface area contributed by atoms with E-state index in [0.29, 0.717) is 23.3 Å². The Labute approximate surface area is 168 Å². The van der Waals surface area contributed by atoms with Gasteiger partial charge in [0.05, 0.1) is 17.4 Å². The highest BCUT2D eigenvalue weighted by Crippen LogP contribution is 2.44. The van der Waals surface area contributed by atoms with Crippen molar-refractivity contribution in [2.75, 3.05) is 18.0 Å². The van der Waals surface area contributed by atoms with Gasteiger partial charge in [-0.05, 0) is 68.6 Å². The van der Waals surface area contributed by atoms with Crippen LogP contribution in [0, 0.1) is 12.7 Å². The molecular formula is C22H26FN3O3. The lowest BCUT2D eigenvalue weighted by Crippen LogP contribution is -2.47. The summed E-state index contributed by atoms with van der Waals surface area (Å²) in [6.45, 7) is 3.39. The van der Waals surface area contributed by atoms with E-state index < -0.39 is 17.3 Å². The van der Waals surface area contributed by atoms with E-state index in [1.165, 1.54) is 29.5 Å². The maximum Gasteiger partial charge on any atom is 0.341 e. The molecule has 2 saturated carbocycles. The number of nitrogens with zero attached hydrogens (tertiary/aromatic N) is 2. The Morgan fingerprint density at radius 2 is 1.97 bits per heavy atom. The smallest absolute Gasteiger partial charge is 0.341 e. The number of carboxylic acids is 1. The summed E-state index contributed by atoms with van der Waals surface area (Å²) < 4.78 is 16.5. The number of halogens is 1. The van der Waals surface area contributed by atoms with Crippen LogP contribution >= 0.6 is 0 Å². The molecule has 6 nitrogen and oxygen atoms in total. The molecule has 0 radical (unpaired) electrons. The minimum absolute atomic E-state index is 0.242. The summed E-state index contributed by atoms with van der Waals surface area (Å²) in [5.74, 6) is -1.49. The first-order valence-corrected chi connectivity index (χ1v) is 10.6. The number of aryl methyl sites for hydroxylation is 1. The molecule has 29 heavy (non-hydrogen) atoms. The van der Waals surface area contributed by atoms with Crippen molar-refractivity contribution < 1.29 is 14.3 Å². The van der Waals surface area contributed by atoms with Gasteiger partial charge in [0.2, 0.25) is 0 Å². The van der Waals surface area contributed by atoms with Gasteiger partial charge in [-0.2, -0.15) is 0 Å². The van der Waals surface area contributed by atoms with Crippen molar-refractivity contribution in [3.63, 3.8) is 0 Å². The van der Waals surface area contributed by atoms with Gasteiger partial charge in [-0.25, -0.2) is 9.18 Å². The van der Waals surface area contributed by atoms with Crippen LogP contribution in [0.5, 0.6) is 0 Å². The molecule has 0 bridgehead atoms. The second kappa shape index (κ2) is 6.83. The summed E-state index contributed by atoms with van der Waals surface area (Å²) in [6.07, 6.45) is 7.66. The number of piperidine rings is 1. The molecule has 2 aliphatic carbocycles. The maximum atomic E-state index is 15.3. The van der Waals surface area contributed by atoms with Crippen LogP contribution in [-0.4, -0.2) is 40.6 Å². The lowest BCUT2D eigenvalue weighted by molar-refractivity contribution is 0.0694. The van der Waals surface area contributed by atoms with Crippen molar-refractivity contribution in [1.29, 1.82) is 0 Å². The van der Waals surface area contributed by atoms with E-state index >= 15 is 4.39 Å². The second-order valence-electron chi connectivity index (χ2n) is 8.79. The van der Waals surface area contributed by atoms with E-state index in [9.17, 15) is 14.7 Å². The molecule has 0 aromatic carbocycles. The number of nitrogens with one attached hydrogen (secondary N) is 1. The number of aromatic nitrogens is 1. The first-order valence-electron chi connectivity index (χ1n) is 10.6. The van der Waals surface area contributed by atoms with Gasteiger partial charge >= 0.3 is 5.97 Å². The minimum Gasteiger partial charge on any atom is -0.477 e. The number of carbonyl (C=O) groups is 1. The molecule has 7 heteroatoms. The Bertz CT molecular complexity index is 1060. The minimum atomic E-state index is -1.27. The first-order chi connectivity index (χ1) is 13.9. The number of carboxylic acid groups (broad SMARTS) is 1. The van der Waals surface area contributed by atoms with Crippen molar-refractivity contribution in [2.45, 2.75) is 63.5 Å². The summed E-state index contributed by atoms with van der Waals surface area (Å²) in [4.78, 5) is 26.4. The Kier molecular flexibility index (Phi) is 4.38. The fourth-order valence-electron chi connectivity index (χ4n) is 4.79. The number of anilines is 1. The lowest BCUT2D eigenvalue weighted by Gasteiger charge is -2.36. The van der Waals surface area contributed by atoms with E-state index in [4.69, 9.17) is 0 Å². The molecule has 1 aliphatic heterocycles. The number of rotatable bonds is 5. The highest BCUT2D eigenvalue weighted by molar-refractivity contribution is 5.89. The predicted molar refractivity (Wildman–Crippen MR) is 109 cm³/mol. The standard InChI is InChI=1S/C22H26FN3O3/c1-12-19-16(13-4-5-13)9-17(22(28)29)21(27)26(19)11-18(23)20(12)25-8-2-3-15(10-25)24-14-6-7-14/h9,11,13-15,24H,2-8,10H2,1H3,(H,28,29)/t15-/m0/s1. The van der Waals surface area contributed by atoms with E-state index in [-0.39, 0.29) is 11.5 Å². The van der Waals surface area contributed by atoms with Crippen LogP contribution in [0.15, 0.2) is 17.1 Å². The summed E-state index contributed by atoms with van der Waals surface area (Å²) in [7, 11) is 0. The number of pyridine rings is 2. The van der Waals surface area contributed by atoms with Gasteiger partial charge in [0, 0.05) is 25.2 Å². The number of hydrogen-bond donors (Lipinski definition) is 2. The topological polar surface area (TPSA) is 74.0 Å². The van der Waals surface area contributed by atoms with Gasteiger partial charge in [0.25, 0.3) is 5.56 Å². The first kappa shape index (κ1) is 18.6. The van der Waals surface area contributed by atoms with Gasteiger partial charge in [0.1, 0.15) is 5.56 Å². The molecule has 0 unspecified atom stereocenters. The van der Waals surface area contributed by atoms with Crippen molar-refractivity contribution in [1.82, 2.24) is 9.72 Å². The zero-order chi connectivity index (χ0) is 20.3. The van der Waals surface area contributed by atoms with Crippen molar-refractivity contribution in [2.24, 2.45) is 0 Å². The molecule has 2 aromatic heterocycles. The monoisotopic (exact) mass is 399 g/mol. The average Bonchev–Trinajstić information content (AvgIpc) is 3.57. The molecular weight excluding hydrogens is 373 g/mol. The van der Waals surface area contributed by atoms with Gasteiger partial charge in [-0.3, -0.25) is 9.20 Å². The zero-order valence-corrected chi connectivity index (χ0v) is 16.6. The van der Waals surface area contributed by atoms with Crippen LogP contribution in [0.1, 0.15) is 65.9 Å². The van der Waals surface area contributed by atoms with Crippen LogP contribution in [-0.2, 0) is 0 Å². The quantitative estimate of drug-likeness (QED) is 0.809. The summed E-state index contributed by atoms with van der Waals surface area (Å²) in [5, 5.41) is 13.1. The molecule has 1 saturated heterocycles. The molecule has 5 rings (SSSR count). The van der Waals surface area contributed by atoms with Crippen LogP contribution in [0.3, 0.4) is 0 Å². The third-order valence-electron chi connectivity index (χ3n) is 6.48. The largest absolute Gasteiger partial charge is 0.477 e. The predicted octanol–water partition coefficient (Wildman–Crippen LogP) is 3.04. The SMILES string of the molecule is Cc1c(N2CCC[C@H](NC3CC3)C2)c(F)cn2c(=O)c(C(=O)O)cc(C3CC3)c12. The Morgan fingerprint density at radius 1 is 1.21 bits per heavy atom. The highest BCUT2D eigenvalue weighted by Gasteiger charge is 2.32. The molecule has 3 heterocycles. The van der Waals surface area contributed by atoms with Crippen LogP contribution in [0.4, 0.5) is 10.1 Å². The van der Waals surface area contributed by atoms with E-state index in [2.05, 4.69) is 10.2 Å². The molecule has 2 N–H and O–H groups in total. The van der Waals surface area contributed by atoms with Gasteiger partial charge < -0.3 is 15.3 Å². The Morgan fingerprint density at radius 3 is 2.62 bits per heavy atom. The van der Waals surface area contributed by atoms with Gasteiger partial charge in [0.15, 0.2) is 5.82 Å². The van der Waals surface area contributed by atoms with E-state index in [1.807, 2.05) is 6.92 Å². The van der Waals surface area contributed by atoms with Crippen molar-refractivity contribution >= 4 is 17.2 Å². The Balaban J connectivity index is 1.63. The molecule has 1 atom stereocenters. The number of aromatic carboxylic acids is 1. The van der Waals surface area contributed by atoms with Crippen molar-refractivity contribution in [3.8, 4) is 0 Å². The van der Waals surface area contributed by atoms with Crippen LogP contribution in [0.2, 0.25) is 0 Å². The summed E-state index contributed by atoms with van der Waals surface area (Å²) >= 11 is 0. The van der Waals surface area contributed by atoms with Crippen LogP contribution in [0.25, 0.3) is 5.52 Å². The second-order valence-corrected chi connectivity index (χ2v) is 8.79. The van der Waals surface area contributed by atoms with Gasteiger partial charge in [-0.1, -0.05) is 0 Å². The number of hydrogen-bond acceptors (Lipinski definition) is 4. The van der Waals surface area contributed by atoms with Crippen molar-refractivity contribution in [3.05, 3.63) is 45.1 Å². The summed E-state index contributed by atoms with van der Waals surface area (Å²) in [6, 6.07) is 2.47. The fraction of sp³-hybridized carbons (Fsp3) is 0.545. The normalized spacial score (nSPS) is 22.3. The van der Waals surface area contributed by atoms with E-state index in [0.717, 1.165) is 49.9 Å². The molecule has 3 aliphatic rings. The molecule has 0 amide bonds. The third-order valence-corrected chi connectivity index (χ3v) is 6.48. The lowest BCUT2D eigenvalue weighted by atomic mass is 10.00. The van der Waals surface area contributed by atoms with E-state index in [1.54, 1.807) is 0 Å². The van der Waals surface area contributed by atoms with Crippen LogP contribution < -0.4 is 15.8 Å². The molecule has 2 aromatic rings. The molecule has 3 fully saturated rings. The maximum absolute atomic E-state index is 15.3. The fourth-order valence-corrected chi connectivity index (χ4v) is 4.79. The Hall–Kier alpha value is -2.41. The molecule has 0 spiro atoms. The average molecular weight is 399 g/mol. The highest BCUT2D eigenvalue weighted by atomic mass is 19.1. The summed E-state index contributed by atoms with van der Waals surface area (Å²) in [5.41, 5.74) is 1.85. The third kappa shape index (κ3) is 3.31. The zero-order valence-electron chi connectivity index (χ0n) is 16.6.